The van der Waals surface area contributed by atoms with E-state index in [1.54, 1.807) is 31.2 Å². The highest BCUT2D eigenvalue weighted by Gasteiger charge is 2.29. The average Bonchev–Trinajstić information content (AvgIpc) is 3.14. The molecule has 1 saturated heterocycles. The number of imide groups is 1. The van der Waals surface area contributed by atoms with Gasteiger partial charge < -0.3 is 9.84 Å². The summed E-state index contributed by atoms with van der Waals surface area (Å²) in [6.07, 6.45) is 0. The maximum Gasteiger partial charge on any atom is 0.289 e. The third kappa shape index (κ3) is 3.65. The molecule has 1 aliphatic heterocycles. The molecule has 0 aliphatic carbocycles. The van der Waals surface area contributed by atoms with Crippen LogP contribution in [-0.4, -0.2) is 32.9 Å². The number of hydrogen-bond donors (Lipinski definition) is 1. The molecule has 8 heteroatoms. The van der Waals surface area contributed by atoms with Gasteiger partial charge in [-0.2, -0.15) is 0 Å². The summed E-state index contributed by atoms with van der Waals surface area (Å²) in [6, 6.07) is 7.04. The lowest BCUT2D eigenvalue weighted by Gasteiger charge is -2.13. The van der Waals surface area contributed by atoms with Crippen LogP contribution >= 0.6 is 11.8 Å². The number of benzene rings is 1. The normalized spacial score (nSPS) is 14.4. The first kappa shape index (κ1) is 18.2. The standard InChI is InChI=1S/C18H19N3O4S/c1-10(2)16-15(11(3)20-25-16)17(23)19-13-6-4-12(5-7-13)8-21-14(22)9-26-18(21)24/h4-7,10H,8-9H2,1-3H3,(H,19,23). The molecule has 0 radical (unpaired) electrons. The molecule has 1 aromatic heterocycles. The number of aryl methyl sites for hydroxylation is 1. The lowest BCUT2D eigenvalue weighted by atomic mass is 10.0. The molecule has 3 rings (SSSR count). The maximum atomic E-state index is 12.6. The molecule has 1 aromatic carbocycles. The molecule has 0 unspecified atom stereocenters. The topological polar surface area (TPSA) is 92.5 Å². The lowest BCUT2D eigenvalue weighted by molar-refractivity contribution is -0.125. The Morgan fingerprint density at radius 3 is 2.58 bits per heavy atom. The second kappa shape index (κ2) is 7.33. The minimum absolute atomic E-state index is 0.0488. The van der Waals surface area contributed by atoms with Gasteiger partial charge in [-0.25, -0.2) is 0 Å². The van der Waals surface area contributed by atoms with E-state index in [2.05, 4.69) is 10.5 Å². The number of aromatic nitrogens is 1. The Balaban J connectivity index is 1.70. The molecule has 2 aromatic rings. The van der Waals surface area contributed by atoms with E-state index >= 15 is 0 Å². The van der Waals surface area contributed by atoms with Gasteiger partial charge in [-0.1, -0.05) is 42.9 Å². The van der Waals surface area contributed by atoms with Gasteiger partial charge in [0.15, 0.2) is 5.76 Å². The molecule has 0 atom stereocenters. The van der Waals surface area contributed by atoms with E-state index < -0.39 is 0 Å². The second-order valence-electron chi connectivity index (χ2n) is 6.35. The molecule has 1 N–H and O–H groups in total. The van der Waals surface area contributed by atoms with Gasteiger partial charge in [-0.3, -0.25) is 19.3 Å². The molecular weight excluding hydrogens is 354 g/mol. The smallest absolute Gasteiger partial charge is 0.289 e. The van der Waals surface area contributed by atoms with Gasteiger partial charge in [-0.15, -0.1) is 0 Å². The molecular formula is C18H19N3O4S. The molecule has 2 heterocycles. The number of nitrogens with one attached hydrogen (secondary N) is 1. The van der Waals surface area contributed by atoms with Crippen LogP contribution in [-0.2, 0) is 11.3 Å². The minimum Gasteiger partial charge on any atom is -0.360 e. The largest absolute Gasteiger partial charge is 0.360 e. The van der Waals surface area contributed by atoms with Gasteiger partial charge in [-0.05, 0) is 24.6 Å². The van der Waals surface area contributed by atoms with Crippen molar-refractivity contribution in [3.63, 3.8) is 0 Å². The predicted molar refractivity (Wildman–Crippen MR) is 98.1 cm³/mol. The zero-order valence-corrected chi connectivity index (χ0v) is 15.6. The van der Waals surface area contributed by atoms with E-state index in [4.69, 9.17) is 4.52 Å². The van der Waals surface area contributed by atoms with Crippen molar-refractivity contribution >= 4 is 34.5 Å². The molecule has 1 aliphatic rings. The summed E-state index contributed by atoms with van der Waals surface area (Å²) < 4.78 is 5.25. The van der Waals surface area contributed by atoms with Crippen molar-refractivity contribution < 1.29 is 18.9 Å². The van der Waals surface area contributed by atoms with Crippen molar-refractivity contribution in [2.45, 2.75) is 33.2 Å². The van der Waals surface area contributed by atoms with Crippen LogP contribution < -0.4 is 5.32 Å². The van der Waals surface area contributed by atoms with Crippen molar-refractivity contribution in [1.29, 1.82) is 0 Å². The first-order valence-corrected chi connectivity index (χ1v) is 9.19. The van der Waals surface area contributed by atoms with Gasteiger partial charge in [0.05, 0.1) is 18.0 Å². The summed E-state index contributed by atoms with van der Waals surface area (Å²) in [4.78, 5) is 37.1. The van der Waals surface area contributed by atoms with Crippen LogP contribution in [0.5, 0.6) is 0 Å². The average molecular weight is 373 g/mol. The summed E-state index contributed by atoms with van der Waals surface area (Å²) in [6.45, 7) is 5.84. The molecule has 136 valence electrons. The van der Waals surface area contributed by atoms with E-state index in [9.17, 15) is 14.4 Å². The number of nitrogens with zero attached hydrogens (tertiary/aromatic N) is 2. The van der Waals surface area contributed by atoms with E-state index in [-0.39, 0.29) is 35.3 Å². The van der Waals surface area contributed by atoms with Crippen LogP contribution in [0.4, 0.5) is 10.5 Å². The Morgan fingerprint density at radius 2 is 2.00 bits per heavy atom. The first-order chi connectivity index (χ1) is 12.4. The lowest BCUT2D eigenvalue weighted by Crippen LogP contribution is -2.27. The van der Waals surface area contributed by atoms with Gasteiger partial charge in [0.25, 0.3) is 11.1 Å². The number of thioether (sulfide) groups is 1. The molecule has 7 nitrogen and oxygen atoms in total. The van der Waals surface area contributed by atoms with E-state index in [0.29, 0.717) is 22.7 Å². The van der Waals surface area contributed by atoms with E-state index in [1.807, 2.05) is 13.8 Å². The Morgan fingerprint density at radius 1 is 1.31 bits per heavy atom. The van der Waals surface area contributed by atoms with Crippen molar-refractivity contribution in [3.8, 4) is 0 Å². The Kier molecular flexibility index (Phi) is 5.13. The maximum absolute atomic E-state index is 12.6. The quantitative estimate of drug-likeness (QED) is 0.861. The summed E-state index contributed by atoms with van der Waals surface area (Å²) in [5.41, 5.74) is 2.43. The van der Waals surface area contributed by atoms with Crippen LogP contribution in [0, 0.1) is 6.92 Å². The van der Waals surface area contributed by atoms with Gasteiger partial charge in [0.2, 0.25) is 5.91 Å². The molecule has 0 saturated carbocycles. The highest BCUT2D eigenvalue weighted by molar-refractivity contribution is 8.14. The zero-order chi connectivity index (χ0) is 18.8. The van der Waals surface area contributed by atoms with Crippen LogP contribution in [0.1, 0.15) is 47.1 Å². The Labute approximate surface area is 155 Å². The molecule has 0 bridgehead atoms. The summed E-state index contributed by atoms with van der Waals surface area (Å²) >= 11 is 1.01. The number of amides is 3. The van der Waals surface area contributed by atoms with Crippen LogP contribution in [0.3, 0.4) is 0 Å². The molecule has 26 heavy (non-hydrogen) atoms. The fourth-order valence-corrected chi connectivity index (χ4v) is 3.39. The number of carbonyl (C=O) groups excluding carboxylic acids is 3. The van der Waals surface area contributed by atoms with E-state index in [0.717, 1.165) is 17.3 Å². The zero-order valence-electron chi connectivity index (χ0n) is 14.7. The molecule has 3 amide bonds. The number of rotatable bonds is 5. The van der Waals surface area contributed by atoms with Crippen molar-refractivity contribution in [2.24, 2.45) is 0 Å². The van der Waals surface area contributed by atoms with Crippen molar-refractivity contribution in [1.82, 2.24) is 10.1 Å². The third-order valence-corrected chi connectivity index (χ3v) is 4.89. The Bertz CT molecular complexity index is 842. The highest BCUT2D eigenvalue weighted by Crippen LogP contribution is 2.24. The minimum atomic E-state index is -0.276. The van der Waals surface area contributed by atoms with Gasteiger partial charge >= 0.3 is 0 Å². The van der Waals surface area contributed by atoms with Gasteiger partial charge in [0, 0.05) is 11.6 Å². The first-order valence-electron chi connectivity index (χ1n) is 8.20. The molecule has 1 fully saturated rings. The molecule has 0 spiro atoms. The summed E-state index contributed by atoms with van der Waals surface area (Å²) in [5.74, 6) is 0.347. The monoisotopic (exact) mass is 373 g/mol. The number of hydrogen-bond acceptors (Lipinski definition) is 6. The Hall–Kier alpha value is -2.61. The van der Waals surface area contributed by atoms with Crippen LogP contribution in [0.2, 0.25) is 0 Å². The van der Waals surface area contributed by atoms with E-state index in [1.165, 1.54) is 4.90 Å². The highest BCUT2D eigenvalue weighted by atomic mass is 32.2. The van der Waals surface area contributed by atoms with Crippen LogP contribution in [0.15, 0.2) is 28.8 Å². The fraction of sp³-hybridized carbons (Fsp3) is 0.333. The fourth-order valence-electron chi connectivity index (χ4n) is 2.66. The summed E-state index contributed by atoms with van der Waals surface area (Å²) in [7, 11) is 0. The van der Waals surface area contributed by atoms with Crippen LogP contribution in [0.25, 0.3) is 0 Å². The number of carbonyl (C=O) groups is 3. The second-order valence-corrected chi connectivity index (χ2v) is 7.27. The van der Waals surface area contributed by atoms with Gasteiger partial charge in [0.1, 0.15) is 5.56 Å². The predicted octanol–water partition coefficient (Wildman–Crippen LogP) is 3.55. The summed E-state index contributed by atoms with van der Waals surface area (Å²) in [5, 5.41) is 6.48. The third-order valence-electron chi connectivity index (χ3n) is 4.03. The van der Waals surface area contributed by atoms with Crippen molar-refractivity contribution in [2.75, 3.05) is 11.1 Å². The number of anilines is 1. The van der Waals surface area contributed by atoms with Crippen molar-refractivity contribution in [3.05, 3.63) is 46.8 Å². The SMILES string of the molecule is Cc1noc(C(C)C)c1C(=O)Nc1ccc(CN2C(=O)CSC2=O)cc1.